The zero-order valence-corrected chi connectivity index (χ0v) is 10.1. The third kappa shape index (κ3) is 2.50. The molecule has 0 unspecified atom stereocenters. The first-order valence-electron chi connectivity index (χ1n) is 5.81. The van der Waals surface area contributed by atoms with Gasteiger partial charge in [0.05, 0.1) is 11.7 Å². The number of nitrogens with zero attached hydrogens (tertiary/aromatic N) is 1. The molecule has 1 atom stereocenters. The van der Waals surface area contributed by atoms with E-state index in [9.17, 15) is 9.90 Å². The molecule has 4 nitrogen and oxygen atoms in total. The molecule has 2 heterocycles. The third-order valence-electron chi connectivity index (χ3n) is 3.61. The summed E-state index contributed by atoms with van der Waals surface area (Å²) in [6.07, 6.45) is 2.81. The van der Waals surface area contributed by atoms with Crippen LogP contribution in [0.1, 0.15) is 25.7 Å². The molecule has 2 aliphatic heterocycles. The molecule has 5 heteroatoms. The quantitative estimate of drug-likeness (QED) is 0.696. The number of rotatable bonds is 1. The molecule has 1 N–H and O–H groups in total. The van der Waals surface area contributed by atoms with Crippen LogP contribution >= 0.6 is 11.6 Å². The van der Waals surface area contributed by atoms with Crippen molar-refractivity contribution in [2.45, 2.75) is 37.4 Å². The zero-order valence-electron chi connectivity index (χ0n) is 9.32. The highest BCUT2D eigenvalue weighted by molar-refractivity contribution is 6.27. The predicted molar refractivity (Wildman–Crippen MR) is 60.5 cm³/mol. The molecule has 0 radical (unpaired) electrons. The van der Waals surface area contributed by atoms with Crippen LogP contribution in [0.4, 0.5) is 0 Å². The van der Waals surface area contributed by atoms with E-state index in [0.717, 1.165) is 19.3 Å². The molecule has 1 spiro atoms. The maximum Gasteiger partial charge on any atom is 0.237 e. The van der Waals surface area contributed by atoms with Gasteiger partial charge in [0.15, 0.2) is 0 Å². The minimum absolute atomic E-state index is 0.00660. The van der Waals surface area contributed by atoms with E-state index in [1.54, 1.807) is 4.90 Å². The number of piperidine rings is 1. The first-order valence-corrected chi connectivity index (χ1v) is 6.34. The number of aliphatic hydroxyl groups excluding tert-OH is 1. The van der Waals surface area contributed by atoms with Gasteiger partial charge in [-0.3, -0.25) is 4.79 Å². The highest BCUT2D eigenvalue weighted by atomic mass is 35.5. The molecule has 0 bridgehead atoms. The van der Waals surface area contributed by atoms with Crippen molar-refractivity contribution in [1.82, 2.24) is 4.90 Å². The lowest BCUT2D eigenvalue weighted by atomic mass is 9.83. The van der Waals surface area contributed by atoms with Crippen molar-refractivity contribution in [3.05, 3.63) is 0 Å². The van der Waals surface area contributed by atoms with Gasteiger partial charge in [-0.25, -0.2) is 0 Å². The number of hydrogen-bond donors (Lipinski definition) is 1. The fourth-order valence-electron chi connectivity index (χ4n) is 2.60. The van der Waals surface area contributed by atoms with Crippen molar-refractivity contribution in [1.29, 1.82) is 0 Å². The molecule has 0 aliphatic carbocycles. The Morgan fingerprint density at radius 3 is 2.75 bits per heavy atom. The first kappa shape index (κ1) is 12.1. The fraction of sp³-hybridized carbons (Fsp3) is 0.909. The molecule has 0 aromatic heterocycles. The molecule has 16 heavy (non-hydrogen) atoms. The normalized spacial score (nSPS) is 29.4. The van der Waals surface area contributed by atoms with Crippen molar-refractivity contribution in [2.75, 3.05) is 25.6 Å². The van der Waals surface area contributed by atoms with E-state index in [2.05, 4.69) is 0 Å². The van der Waals surface area contributed by atoms with E-state index in [-0.39, 0.29) is 23.5 Å². The average Bonchev–Trinajstić information content (AvgIpc) is 2.29. The lowest BCUT2D eigenvalue weighted by molar-refractivity contribution is -0.152. The van der Waals surface area contributed by atoms with Gasteiger partial charge in [-0.15, -0.1) is 11.6 Å². The Hall–Kier alpha value is -0.320. The Kier molecular flexibility index (Phi) is 3.72. The number of halogens is 1. The lowest BCUT2D eigenvalue weighted by Gasteiger charge is -2.45. The molecule has 0 aromatic carbocycles. The van der Waals surface area contributed by atoms with Crippen LogP contribution in [0.2, 0.25) is 0 Å². The van der Waals surface area contributed by atoms with Crippen molar-refractivity contribution >= 4 is 17.5 Å². The summed E-state index contributed by atoms with van der Waals surface area (Å²) in [6, 6.07) is 0. The van der Waals surface area contributed by atoms with E-state index in [1.807, 2.05) is 0 Å². The molecule has 2 saturated heterocycles. The second-order valence-electron chi connectivity index (χ2n) is 4.69. The molecule has 0 saturated carbocycles. The second kappa shape index (κ2) is 4.90. The average molecular weight is 248 g/mol. The van der Waals surface area contributed by atoms with Crippen LogP contribution in [-0.2, 0) is 9.53 Å². The maximum absolute atomic E-state index is 11.4. The highest BCUT2D eigenvalue weighted by Crippen LogP contribution is 2.34. The van der Waals surface area contributed by atoms with E-state index in [1.165, 1.54) is 0 Å². The van der Waals surface area contributed by atoms with Crippen LogP contribution in [0.5, 0.6) is 0 Å². The van der Waals surface area contributed by atoms with Crippen LogP contribution in [0, 0.1) is 0 Å². The standard InChI is InChI=1S/C11H18ClNO3/c12-8-10(15)13-4-2-11(3-5-13)7-9(14)1-6-16-11/h9,14H,1-8H2/t9-/m1/s1. The summed E-state index contributed by atoms with van der Waals surface area (Å²) >= 11 is 5.52. The van der Waals surface area contributed by atoms with Crippen molar-refractivity contribution in [3.63, 3.8) is 0 Å². The second-order valence-corrected chi connectivity index (χ2v) is 4.96. The van der Waals surface area contributed by atoms with Gasteiger partial charge in [0.2, 0.25) is 5.91 Å². The van der Waals surface area contributed by atoms with Crippen molar-refractivity contribution in [3.8, 4) is 0 Å². The fourth-order valence-corrected chi connectivity index (χ4v) is 2.77. The number of alkyl halides is 1. The summed E-state index contributed by atoms with van der Waals surface area (Å²) in [5.41, 5.74) is -0.194. The number of carbonyl (C=O) groups is 1. The molecule has 0 aromatic rings. The van der Waals surface area contributed by atoms with Crippen molar-refractivity contribution < 1.29 is 14.6 Å². The summed E-state index contributed by atoms with van der Waals surface area (Å²) in [5.74, 6) is 0.0455. The molecule has 2 aliphatic rings. The predicted octanol–water partition coefficient (Wildman–Crippen LogP) is 0.758. The molecule has 1 amide bonds. The summed E-state index contributed by atoms with van der Waals surface area (Å²) in [6.45, 7) is 2.02. The Morgan fingerprint density at radius 1 is 1.50 bits per heavy atom. The summed E-state index contributed by atoms with van der Waals surface area (Å²) in [7, 11) is 0. The van der Waals surface area contributed by atoms with E-state index < -0.39 is 0 Å². The summed E-state index contributed by atoms with van der Waals surface area (Å²) < 4.78 is 5.81. The smallest absolute Gasteiger partial charge is 0.237 e. The topological polar surface area (TPSA) is 49.8 Å². The molecular formula is C11H18ClNO3. The SMILES string of the molecule is O=C(CCl)N1CCC2(CC1)C[C@H](O)CCO2. The summed E-state index contributed by atoms with van der Waals surface area (Å²) in [5, 5.41) is 9.67. The lowest BCUT2D eigenvalue weighted by Crippen LogP contribution is -2.51. The molecule has 2 rings (SSSR count). The molecule has 2 fully saturated rings. The van der Waals surface area contributed by atoms with Crippen LogP contribution in [0.25, 0.3) is 0 Å². The van der Waals surface area contributed by atoms with E-state index in [4.69, 9.17) is 16.3 Å². The minimum Gasteiger partial charge on any atom is -0.393 e. The van der Waals surface area contributed by atoms with Crippen LogP contribution in [0.15, 0.2) is 0 Å². The van der Waals surface area contributed by atoms with Gasteiger partial charge >= 0.3 is 0 Å². The largest absolute Gasteiger partial charge is 0.393 e. The minimum atomic E-state index is -0.246. The number of ether oxygens (including phenoxy) is 1. The van der Waals surface area contributed by atoms with Gasteiger partial charge < -0.3 is 14.7 Å². The summed E-state index contributed by atoms with van der Waals surface area (Å²) in [4.78, 5) is 13.2. The van der Waals surface area contributed by atoms with Crippen LogP contribution in [0.3, 0.4) is 0 Å². The maximum atomic E-state index is 11.4. The van der Waals surface area contributed by atoms with E-state index >= 15 is 0 Å². The molecule has 92 valence electrons. The number of hydrogen-bond acceptors (Lipinski definition) is 3. The first-order chi connectivity index (χ1) is 7.65. The van der Waals surface area contributed by atoms with Gasteiger partial charge in [-0.05, 0) is 19.3 Å². The Labute approximate surface area is 101 Å². The Morgan fingerprint density at radius 2 is 2.19 bits per heavy atom. The van der Waals surface area contributed by atoms with Gasteiger partial charge in [0.25, 0.3) is 0 Å². The van der Waals surface area contributed by atoms with Crippen LogP contribution in [-0.4, -0.2) is 53.2 Å². The monoisotopic (exact) mass is 247 g/mol. The highest BCUT2D eigenvalue weighted by Gasteiger charge is 2.40. The van der Waals surface area contributed by atoms with Gasteiger partial charge in [-0.1, -0.05) is 0 Å². The van der Waals surface area contributed by atoms with Crippen molar-refractivity contribution in [2.24, 2.45) is 0 Å². The number of likely N-dealkylation sites (tertiary alicyclic amines) is 1. The van der Waals surface area contributed by atoms with Gasteiger partial charge in [-0.2, -0.15) is 0 Å². The number of amides is 1. The zero-order chi connectivity index (χ0) is 11.6. The Balaban J connectivity index is 1.90. The van der Waals surface area contributed by atoms with Gasteiger partial charge in [0, 0.05) is 26.1 Å². The third-order valence-corrected chi connectivity index (χ3v) is 3.84. The van der Waals surface area contributed by atoms with Crippen LogP contribution < -0.4 is 0 Å². The molecular weight excluding hydrogens is 230 g/mol. The number of carbonyl (C=O) groups excluding carboxylic acids is 1. The van der Waals surface area contributed by atoms with E-state index in [0.29, 0.717) is 26.1 Å². The van der Waals surface area contributed by atoms with Gasteiger partial charge in [0.1, 0.15) is 5.88 Å². The number of aliphatic hydroxyl groups is 1. The Bertz CT molecular complexity index is 264.